The smallest absolute Gasteiger partial charge is 0.312 e. The van der Waals surface area contributed by atoms with Gasteiger partial charge < -0.3 is 4.74 Å². The normalized spacial score (nSPS) is 77.2. The van der Waals surface area contributed by atoms with E-state index in [-0.39, 0.29) is 11.4 Å². The highest BCUT2D eigenvalue weighted by atomic mass is 16.5. The minimum absolute atomic E-state index is 0.0990. The van der Waals surface area contributed by atoms with E-state index >= 15 is 0 Å². The highest BCUT2D eigenvalue weighted by Gasteiger charge is 3.00. The molecule has 0 aromatic rings. The van der Waals surface area contributed by atoms with Crippen LogP contribution >= 0.6 is 0 Å². The number of rotatable bonds is 1. The predicted molar refractivity (Wildman–Crippen MR) is 43.5 cm³/mol. The van der Waals surface area contributed by atoms with E-state index in [9.17, 15) is 4.79 Å². The topological polar surface area (TPSA) is 26.3 Å². The molecule has 0 aliphatic heterocycles. The van der Waals surface area contributed by atoms with E-state index < -0.39 is 0 Å². The van der Waals surface area contributed by atoms with E-state index in [1.807, 2.05) is 0 Å². The molecule has 6 aliphatic carbocycles. The molecule has 0 spiro atoms. The maximum absolute atomic E-state index is 11.7. The van der Waals surface area contributed by atoms with Crippen molar-refractivity contribution in [1.82, 2.24) is 0 Å². The van der Waals surface area contributed by atoms with Gasteiger partial charge in [0.05, 0.1) is 12.5 Å². The molecule has 13 heavy (non-hydrogen) atoms. The summed E-state index contributed by atoms with van der Waals surface area (Å²) < 4.78 is 4.98. The van der Waals surface area contributed by atoms with E-state index in [1.165, 1.54) is 6.42 Å². The van der Waals surface area contributed by atoms with Gasteiger partial charge in [0.1, 0.15) is 0 Å². The lowest BCUT2D eigenvalue weighted by Gasteiger charge is -2.89. The number of carbonyl (C=O) groups excluding carboxylic acids is 1. The Morgan fingerprint density at radius 3 is 2.46 bits per heavy atom. The number of hydrogen-bond acceptors (Lipinski definition) is 2. The van der Waals surface area contributed by atoms with Crippen LogP contribution in [0, 0.1) is 46.8 Å². The molecule has 0 aromatic heterocycles. The Morgan fingerprint density at radius 1 is 1.23 bits per heavy atom. The minimum atomic E-state index is 0.0990. The second-order valence-electron chi connectivity index (χ2n) is 5.72. The first-order valence-electron chi connectivity index (χ1n) is 5.42. The summed E-state index contributed by atoms with van der Waals surface area (Å²) in [7, 11) is 1.56. The SMILES string of the molecule is COC(=O)C12C3[C@H]4C5CC([C@H]41)[C@H]2[C@H]53. The van der Waals surface area contributed by atoms with Gasteiger partial charge in [0.2, 0.25) is 0 Å². The second kappa shape index (κ2) is 1.27. The van der Waals surface area contributed by atoms with Crippen molar-refractivity contribution in [3.63, 3.8) is 0 Å². The van der Waals surface area contributed by atoms with Gasteiger partial charge in [-0.3, -0.25) is 4.79 Å². The summed E-state index contributed by atoms with van der Waals surface area (Å²) in [5, 5.41) is 0. The van der Waals surface area contributed by atoms with Crippen LogP contribution < -0.4 is 0 Å². The summed E-state index contributed by atoms with van der Waals surface area (Å²) in [5.41, 5.74) is 0.0990. The van der Waals surface area contributed by atoms with Gasteiger partial charge in [-0.1, -0.05) is 0 Å². The molecule has 2 bridgehead atoms. The van der Waals surface area contributed by atoms with Gasteiger partial charge in [-0.05, 0) is 47.8 Å². The summed E-state index contributed by atoms with van der Waals surface area (Å²) in [6.45, 7) is 0. The van der Waals surface area contributed by atoms with Gasteiger partial charge in [0, 0.05) is 0 Å². The number of methoxy groups -OCH3 is 1. The van der Waals surface area contributed by atoms with Crippen molar-refractivity contribution in [2.45, 2.75) is 6.42 Å². The summed E-state index contributed by atoms with van der Waals surface area (Å²) in [4.78, 5) is 11.7. The summed E-state index contributed by atoms with van der Waals surface area (Å²) in [6, 6.07) is 0. The molecule has 6 saturated carbocycles. The van der Waals surface area contributed by atoms with Crippen LogP contribution in [0.2, 0.25) is 0 Å². The Kier molecular flexibility index (Phi) is 0.591. The third-order valence-corrected chi connectivity index (χ3v) is 6.31. The second-order valence-corrected chi connectivity index (χ2v) is 5.72. The molecule has 0 aromatic carbocycles. The zero-order valence-corrected chi connectivity index (χ0v) is 7.57. The Bertz CT molecular complexity index is 337. The molecule has 6 rings (SSSR count). The molecule has 0 N–H and O–H groups in total. The number of ether oxygens (including phenoxy) is 1. The molecule has 0 saturated heterocycles. The lowest BCUT2D eigenvalue weighted by molar-refractivity contribution is -0.430. The van der Waals surface area contributed by atoms with Gasteiger partial charge in [0.25, 0.3) is 0 Å². The van der Waals surface area contributed by atoms with Crippen LogP contribution in [0.15, 0.2) is 0 Å². The molecule has 0 radical (unpaired) electrons. The Balaban J connectivity index is 1.68. The molecule has 6 fully saturated rings. The van der Waals surface area contributed by atoms with Crippen molar-refractivity contribution < 1.29 is 9.53 Å². The minimum Gasteiger partial charge on any atom is -0.469 e. The van der Waals surface area contributed by atoms with Crippen LogP contribution in [0.25, 0.3) is 0 Å². The fourth-order valence-corrected chi connectivity index (χ4v) is 6.47. The number of hydrogen-bond donors (Lipinski definition) is 0. The van der Waals surface area contributed by atoms with Crippen molar-refractivity contribution in [2.75, 3.05) is 7.11 Å². The van der Waals surface area contributed by atoms with Crippen LogP contribution in [0.4, 0.5) is 0 Å². The van der Waals surface area contributed by atoms with Gasteiger partial charge in [-0.15, -0.1) is 0 Å². The quantitative estimate of drug-likeness (QED) is 0.555. The third kappa shape index (κ3) is 0.272. The Morgan fingerprint density at radius 2 is 1.92 bits per heavy atom. The summed E-state index contributed by atoms with van der Waals surface area (Å²) in [6.07, 6.45) is 1.46. The lowest BCUT2D eigenvalue weighted by atomic mass is 9.13. The maximum Gasteiger partial charge on any atom is 0.312 e. The van der Waals surface area contributed by atoms with Crippen molar-refractivity contribution in [2.24, 2.45) is 46.8 Å². The zero-order chi connectivity index (χ0) is 8.53. The number of carbonyl (C=O) groups is 1. The first-order valence-corrected chi connectivity index (χ1v) is 5.42. The van der Waals surface area contributed by atoms with Crippen LogP contribution in [0.5, 0.6) is 0 Å². The van der Waals surface area contributed by atoms with E-state index in [4.69, 9.17) is 4.74 Å². The molecule has 2 nitrogen and oxygen atoms in total. The van der Waals surface area contributed by atoms with E-state index in [2.05, 4.69) is 0 Å². The van der Waals surface area contributed by atoms with Crippen LogP contribution in [0.1, 0.15) is 6.42 Å². The molecule has 4 unspecified atom stereocenters. The average molecular weight is 176 g/mol. The summed E-state index contributed by atoms with van der Waals surface area (Å²) in [5.74, 6) is 6.43. The third-order valence-electron chi connectivity index (χ3n) is 6.31. The van der Waals surface area contributed by atoms with Crippen molar-refractivity contribution >= 4 is 5.97 Å². The highest BCUT2D eigenvalue weighted by Crippen LogP contribution is 2.99. The van der Waals surface area contributed by atoms with Crippen LogP contribution in [-0.4, -0.2) is 13.1 Å². The number of esters is 1. The molecule has 6 aliphatic rings. The summed E-state index contributed by atoms with van der Waals surface area (Å²) >= 11 is 0. The fourth-order valence-electron chi connectivity index (χ4n) is 6.47. The lowest BCUT2D eigenvalue weighted by Crippen LogP contribution is -2.90. The van der Waals surface area contributed by atoms with Gasteiger partial charge >= 0.3 is 5.97 Å². The van der Waals surface area contributed by atoms with E-state index in [0.717, 1.165) is 41.4 Å². The van der Waals surface area contributed by atoms with Gasteiger partial charge in [-0.25, -0.2) is 0 Å². The van der Waals surface area contributed by atoms with Crippen molar-refractivity contribution in [1.29, 1.82) is 0 Å². The molecular weight excluding hydrogens is 164 g/mol. The fraction of sp³-hybridized carbons (Fsp3) is 0.909. The molecular formula is C11H12O2. The monoisotopic (exact) mass is 176 g/mol. The maximum atomic E-state index is 11.7. The largest absolute Gasteiger partial charge is 0.469 e. The van der Waals surface area contributed by atoms with Crippen molar-refractivity contribution in [3.05, 3.63) is 0 Å². The Labute approximate surface area is 76.6 Å². The zero-order valence-electron chi connectivity index (χ0n) is 7.57. The molecule has 68 valence electrons. The molecule has 8 atom stereocenters. The average Bonchev–Trinajstić information content (AvgIpc) is 2.43. The highest BCUT2D eigenvalue weighted by molar-refractivity contribution is 5.85. The van der Waals surface area contributed by atoms with Crippen LogP contribution in [-0.2, 0) is 9.53 Å². The Hall–Kier alpha value is -0.530. The van der Waals surface area contributed by atoms with Crippen LogP contribution in [0.3, 0.4) is 0 Å². The van der Waals surface area contributed by atoms with E-state index in [1.54, 1.807) is 7.11 Å². The van der Waals surface area contributed by atoms with Gasteiger partial charge in [-0.2, -0.15) is 0 Å². The van der Waals surface area contributed by atoms with Crippen molar-refractivity contribution in [3.8, 4) is 0 Å². The molecule has 0 heterocycles. The van der Waals surface area contributed by atoms with Gasteiger partial charge in [0.15, 0.2) is 0 Å². The first-order chi connectivity index (χ1) is 6.33. The molecule has 2 heteroatoms. The van der Waals surface area contributed by atoms with E-state index in [0.29, 0.717) is 0 Å². The predicted octanol–water partition coefficient (Wildman–Crippen LogP) is 0.917. The first kappa shape index (κ1) is 6.05. The standard InChI is InChI=1S/C11H12O2/c1-13-10(12)11-7-4-2-3-5(7)9(11)6(3)8(4)11/h3-9H,2H2,1H3/t3?,4?,5-,6-,7-,8+,9?,11?/m0/s1. The molecule has 0 amide bonds.